The van der Waals surface area contributed by atoms with E-state index in [1.165, 1.54) is 6.92 Å². The van der Waals surface area contributed by atoms with Crippen LogP contribution in [0, 0.1) is 0 Å². The first-order valence-electron chi connectivity index (χ1n) is 6.89. The SMILES string of the molecule is CC(Cl)C(=O)NCCN(CCNC(=O)OC(C)(C)C)C(=O)O. The largest absolute Gasteiger partial charge is 0.465 e. The molecule has 0 saturated heterocycles. The molecule has 3 amide bonds. The van der Waals surface area contributed by atoms with Crippen LogP contribution in [-0.2, 0) is 9.53 Å². The third-order valence-corrected chi connectivity index (χ3v) is 2.56. The monoisotopic (exact) mass is 337 g/mol. The number of rotatable bonds is 7. The van der Waals surface area contributed by atoms with Crippen LogP contribution in [-0.4, -0.2) is 65.3 Å². The highest BCUT2D eigenvalue weighted by molar-refractivity contribution is 6.30. The number of carbonyl (C=O) groups is 3. The standard InChI is InChI=1S/C13H24ClN3O5/c1-9(14)10(18)15-5-7-17(12(20)21)8-6-16-11(19)22-13(2,3)4/h9H,5-8H2,1-4H3,(H,15,18)(H,16,19)(H,20,21). The molecule has 22 heavy (non-hydrogen) atoms. The number of alkyl halides is 1. The van der Waals surface area contributed by atoms with Crippen molar-refractivity contribution in [2.75, 3.05) is 26.2 Å². The van der Waals surface area contributed by atoms with Crippen molar-refractivity contribution in [2.45, 2.75) is 38.7 Å². The van der Waals surface area contributed by atoms with Gasteiger partial charge < -0.3 is 25.4 Å². The predicted molar refractivity (Wildman–Crippen MR) is 82.2 cm³/mol. The van der Waals surface area contributed by atoms with E-state index in [2.05, 4.69) is 10.6 Å². The van der Waals surface area contributed by atoms with Gasteiger partial charge in [0.2, 0.25) is 5.91 Å². The number of carbonyl (C=O) groups excluding carboxylic acids is 2. The van der Waals surface area contributed by atoms with Gasteiger partial charge in [0.15, 0.2) is 0 Å². The fourth-order valence-corrected chi connectivity index (χ4v) is 1.44. The van der Waals surface area contributed by atoms with E-state index >= 15 is 0 Å². The summed E-state index contributed by atoms with van der Waals surface area (Å²) in [5, 5.41) is 13.3. The van der Waals surface area contributed by atoms with E-state index in [1.54, 1.807) is 20.8 Å². The average Bonchev–Trinajstić information content (AvgIpc) is 2.33. The summed E-state index contributed by atoms with van der Waals surface area (Å²) in [6, 6.07) is 0. The number of amides is 3. The van der Waals surface area contributed by atoms with Crippen LogP contribution in [0.3, 0.4) is 0 Å². The third kappa shape index (κ3) is 10.1. The molecule has 0 aliphatic heterocycles. The van der Waals surface area contributed by atoms with Crippen molar-refractivity contribution in [1.29, 1.82) is 0 Å². The van der Waals surface area contributed by atoms with Crippen LogP contribution in [0.15, 0.2) is 0 Å². The van der Waals surface area contributed by atoms with Crippen molar-refractivity contribution >= 4 is 29.7 Å². The zero-order chi connectivity index (χ0) is 17.3. The zero-order valence-electron chi connectivity index (χ0n) is 13.3. The Kier molecular flexibility index (Phi) is 8.62. The highest BCUT2D eigenvalue weighted by Crippen LogP contribution is 2.06. The van der Waals surface area contributed by atoms with E-state index in [4.69, 9.17) is 21.4 Å². The Balaban J connectivity index is 4.08. The van der Waals surface area contributed by atoms with E-state index in [9.17, 15) is 14.4 Å². The van der Waals surface area contributed by atoms with Crippen LogP contribution >= 0.6 is 11.6 Å². The Morgan fingerprint density at radius 2 is 1.68 bits per heavy atom. The molecule has 3 N–H and O–H groups in total. The van der Waals surface area contributed by atoms with Crippen LogP contribution in [0.1, 0.15) is 27.7 Å². The number of hydrogen-bond donors (Lipinski definition) is 3. The Labute approximate surface area is 135 Å². The molecule has 8 nitrogen and oxygen atoms in total. The smallest absolute Gasteiger partial charge is 0.407 e. The van der Waals surface area contributed by atoms with Gasteiger partial charge in [0.05, 0.1) is 0 Å². The summed E-state index contributed by atoms with van der Waals surface area (Å²) in [6.45, 7) is 7.16. The first-order valence-corrected chi connectivity index (χ1v) is 7.33. The van der Waals surface area contributed by atoms with Crippen molar-refractivity contribution in [3.05, 3.63) is 0 Å². The van der Waals surface area contributed by atoms with E-state index < -0.39 is 23.2 Å². The fourth-order valence-electron chi connectivity index (χ4n) is 1.36. The summed E-state index contributed by atoms with van der Waals surface area (Å²) in [7, 11) is 0. The maximum absolute atomic E-state index is 11.4. The maximum atomic E-state index is 11.4. The lowest BCUT2D eigenvalue weighted by Gasteiger charge is -2.22. The fraction of sp³-hybridized carbons (Fsp3) is 0.769. The summed E-state index contributed by atoms with van der Waals surface area (Å²) in [4.78, 5) is 34.8. The van der Waals surface area contributed by atoms with Gasteiger partial charge in [-0.1, -0.05) is 0 Å². The molecule has 0 aromatic heterocycles. The van der Waals surface area contributed by atoms with E-state index in [0.29, 0.717) is 0 Å². The quantitative estimate of drug-likeness (QED) is 0.606. The van der Waals surface area contributed by atoms with E-state index in [1.807, 2.05) is 0 Å². The molecule has 0 aromatic carbocycles. The predicted octanol–water partition coefficient (Wildman–Crippen LogP) is 1.23. The Morgan fingerprint density at radius 3 is 2.09 bits per heavy atom. The molecule has 9 heteroatoms. The molecule has 0 aliphatic carbocycles. The number of carboxylic acid groups (broad SMARTS) is 1. The van der Waals surface area contributed by atoms with E-state index in [0.717, 1.165) is 4.90 Å². The lowest BCUT2D eigenvalue weighted by atomic mass is 10.2. The second-order valence-electron chi connectivity index (χ2n) is 5.61. The van der Waals surface area contributed by atoms with Gasteiger partial charge >= 0.3 is 12.2 Å². The van der Waals surface area contributed by atoms with Crippen molar-refractivity contribution in [2.24, 2.45) is 0 Å². The molecule has 0 spiro atoms. The molecule has 0 heterocycles. The van der Waals surface area contributed by atoms with Gasteiger partial charge in [-0.05, 0) is 27.7 Å². The molecular weight excluding hydrogens is 314 g/mol. The van der Waals surface area contributed by atoms with Gasteiger partial charge in [-0.25, -0.2) is 9.59 Å². The molecule has 1 atom stereocenters. The van der Waals surface area contributed by atoms with Crippen LogP contribution in [0.2, 0.25) is 0 Å². The van der Waals surface area contributed by atoms with Crippen molar-refractivity contribution in [1.82, 2.24) is 15.5 Å². The minimum atomic E-state index is -1.14. The van der Waals surface area contributed by atoms with Crippen molar-refractivity contribution in [3.63, 3.8) is 0 Å². The second-order valence-corrected chi connectivity index (χ2v) is 6.26. The summed E-state index contributed by atoms with van der Waals surface area (Å²) < 4.78 is 5.03. The molecule has 0 radical (unpaired) electrons. The van der Waals surface area contributed by atoms with Gasteiger partial charge in [0.25, 0.3) is 0 Å². The first kappa shape index (κ1) is 20.3. The van der Waals surface area contributed by atoms with Gasteiger partial charge in [0, 0.05) is 26.2 Å². The first-order chi connectivity index (χ1) is 10.0. The summed E-state index contributed by atoms with van der Waals surface area (Å²) in [5.74, 6) is -0.362. The molecule has 0 rings (SSSR count). The number of halogens is 1. The Bertz CT molecular complexity index is 396. The van der Waals surface area contributed by atoms with Crippen LogP contribution < -0.4 is 10.6 Å². The van der Waals surface area contributed by atoms with Gasteiger partial charge in [-0.3, -0.25) is 4.79 Å². The molecule has 128 valence electrons. The lowest BCUT2D eigenvalue weighted by Crippen LogP contribution is -2.43. The number of ether oxygens (including phenoxy) is 1. The Hall–Kier alpha value is -1.70. The number of alkyl carbamates (subject to hydrolysis) is 1. The Morgan fingerprint density at radius 1 is 1.18 bits per heavy atom. The molecule has 1 unspecified atom stereocenters. The molecular formula is C13H24ClN3O5. The number of hydrogen-bond acceptors (Lipinski definition) is 4. The highest BCUT2D eigenvalue weighted by Gasteiger charge is 2.17. The lowest BCUT2D eigenvalue weighted by molar-refractivity contribution is -0.120. The van der Waals surface area contributed by atoms with Crippen molar-refractivity contribution in [3.8, 4) is 0 Å². The maximum Gasteiger partial charge on any atom is 0.407 e. The minimum Gasteiger partial charge on any atom is -0.465 e. The summed E-state index contributed by atoms with van der Waals surface area (Å²) in [6.07, 6.45) is -1.75. The van der Waals surface area contributed by atoms with Crippen LogP contribution in [0.4, 0.5) is 9.59 Å². The molecule has 0 saturated carbocycles. The van der Waals surface area contributed by atoms with Crippen LogP contribution in [0.5, 0.6) is 0 Å². The molecule has 0 aromatic rings. The number of nitrogens with one attached hydrogen (secondary N) is 2. The second kappa shape index (κ2) is 9.34. The minimum absolute atomic E-state index is 0.0842. The molecule has 0 bridgehead atoms. The third-order valence-electron chi connectivity index (χ3n) is 2.36. The average molecular weight is 338 g/mol. The van der Waals surface area contributed by atoms with E-state index in [-0.39, 0.29) is 32.1 Å². The highest BCUT2D eigenvalue weighted by atomic mass is 35.5. The zero-order valence-corrected chi connectivity index (χ0v) is 14.1. The van der Waals surface area contributed by atoms with Gasteiger partial charge in [-0.2, -0.15) is 0 Å². The number of nitrogens with zero attached hydrogens (tertiary/aromatic N) is 1. The van der Waals surface area contributed by atoms with Gasteiger partial charge in [-0.15, -0.1) is 11.6 Å². The summed E-state index contributed by atoms with van der Waals surface area (Å²) in [5.41, 5.74) is -0.612. The van der Waals surface area contributed by atoms with Crippen LogP contribution in [0.25, 0.3) is 0 Å². The molecule has 0 aliphatic rings. The molecule has 0 fully saturated rings. The summed E-state index contributed by atoms with van der Waals surface area (Å²) >= 11 is 5.57. The normalized spacial score (nSPS) is 12.2. The topological polar surface area (TPSA) is 108 Å². The van der Waals surface area contributed by atoms with Gasteiger partial charge in [0.1, 0.15) is 11.0 Å². The van der Waals surface area contributed by atoms with Crippen molar-refractivity contribution < 1.29 is 24.2 Å².